The minimum Gasteiger partial charge on any atom is -0.481 e. The summed E-state index contributed by atoms with van der Waals surface area (Å²) in [5.41, 5.74) is 5.04. The number of amides is 2. The summed E-state index contributed by atoms with van der Waals surface area (Å²) in [6, 6.07) is 16.2. The van der Waals surface area contributed by atoms with Crippen LogP contribution in [-0.4, -0.2) is 51.2 Å². The summed E-state index contributed by atoms with van der Waals surface area (Å²) in [5, 5.41) is 21.8. The summed E-state index contributed by atoms with van der Waals surface area (Å²) in [5.74, 6) is -2.07. The Morgan fingerprint density at radius 2 is 1.71 bits per heavy atom. The second-order valence-electron chi connectivity index (χ2n) is 8.13. The fraction of sp³-hybridized carbons (Fsp3) is 0.292. The van der Waals surface area contributed by atoms with E-state index in [4.69, 9.17) is 9.84 Å². The Bertz CT molecular complexity index is 1160. The molecule has 10 heteroatoms. The van der Waals surface area contributed by atoms with E-state index in [0.29, 0.717) is 5.69 Å². The Morgan fingerprint density at radius 1 is 1.06 bits per heavy atom. The van der Waals surface area contributed by atoms with Gasteiger partial charge in [0, 0.05) is 12.5 Å². The predicted molar refractivity (Wildman–Crippen MR) is 122 cm³/mol. The molecular formula is C24H25N5O5. The van der Waals surface area contributed by atoms with E-state index in [0.717, 1.165) is 22.3 Å². The van der Waals surface area contributed by atoms with Crippen molar-refractivity contribution in [3.05, 3.63) is 71.5 Å². The molecule has 3 N–H and O–H groups in total. The topological polar surface area (TPSA) is 135 Å². The highest BCUT2D eigenvalue weighted by molar-refractivity contribution is 5.79. The number of benzene rings is 2. The molecule has 10 nitrogen and oxygen atoms in total. The van der Waals surface area contributed by atoms with E-state index in [9.17, 15) is 14.4 Å². The summed E-state index contributed by atoms with van der Waals surface area (Å²) in [4.78, 5) is 35.0. The number of alkyl carbamates (subject to hydrolysis) is 1. The van der Waals surface area contributed by atoms with Crippen molar-refractivity contribution in [3.8, 4) is 11.1 Å². The van der Waals surface area contributed by atoms with Crippen LogP contribution in [0.15, 0.2) is 54.7 Å². The number of rotatable bonds is 9. The molecule has 0 fully saturated rings. The zero-order chi connectivity index (χ0) is 24.1. The fourth-order valence-corrected chi connectivity index (χ4v) is 3.87. The Hall–Kier alpha value is -4.21. The minimum absolute atomic E-state index is 0.0265. The first-order chi connectivity index (χ1) is 16.4. The van der Waals surface area contributed by atoms with Crippen molar-refractivity contribution in [3.63, 3.8) is 0 Å². The van der Waals surface area contributed by atoms with Crippen LogP contribution in [0.3, 0.4) is 0 Å². The van der Waals surface area contributed by atoms with Crippen molar-refractivity contribution in [2.75, 3.05) is 13.2 Å². The molecule has 1 aliphatic rings. The first-order valence-electron chi connectivity index (χ1n) is 10.9. The van der Waals surface area contributed by atoms with E-state index >= 15 is 0 Å². The van der Waals surface area contributed by atoms with Crippen molar-refractivity contribution in [1.29, 1.82) is 0 Å². The van der Waals surface area contributed by atoms with Gasteiger partial charge in [0.25, 0.3) is 0 Å². The molecule has 2 amide bonds. The molecule has 1 atom stereocenters. The van der Waals surface area contributed by atoms with E-state index in [-0.39, 0.29) is 38.1 Å². The van der Waals surface area contributed by atoms with Gasteiger partial charge in [-0.15, -0.1) is 5.10 Å². The van der Waals surface area contributed by atoms with E-state index in [1.165, 1.54) is 17.8 Å². The normalized spacial score (nSPS) is 13.0. The maximum Gasteiger partial charge on any atom is 0.407 e. The number of ether oxygens (including phenoxy) is 1. The summed E-state index contributed by atoms with van der Waals surface area (Å²) < 4.78 is 6.80. The van der Waals surface area contributed by atoms with Crippen LogP contribution in [0.25, 0.3) is 11.1 Å². The zero-order valence-corrected chi connectivity index (χ0v) is 18.6. The standard InChI is InChI=1S/C24H25N5O5/c1-15(23(31)32)10-25-22(30)13-29-12-16(27-28-29)11-26-24(33)34-14-21-19-8-4-2-6-17(19)18-7-3-5-9-20(18)21/h2-9,12,15,21H,10-11,13-14H2,1H3,(H,25,30)(H,26,33)(H,31,32). The molecule has 0 saturated heterocycles. The molecule has 1 unspecified atom stereocenters. The monoisotopic (exact) mass is 463 g/mol. The van der Waals surface area contributed by atoms with E-state index in [2.05, 4.69) is 45.2 Å². The van der Waals surface area contributed by atoms with Gasteiger partial charge in [0.15, 0.2) is 0 Å². The number of carbonyl (C=O) groups is 3. The van der Waals surface area contributed by atoms with Gasteiger partial charge in [-0.2, -0.15) is 0 Å². The second-order valence-corrected chi connectivity index (χ2v) is 8.13. The molecular weight excluding hydrogens is 438 g/mol. The molecule has 0 aliphatic heterocycles. The number of nitrogens with zero attached hydrogens (tertiary/aromatic N) is 3. The van der Waals surface area contributed by atoms with Crippen LogP contribution < -0.4 is 10.6 Å². The van der Waals surface area contributed by atoms with Crippen molar-refractivity contribution in [2.24, 2.45) is 5.92 Å². The van der Waals surface area contributed by atoms with Crippen LogP contribution in [0.5, 0.6) is 0 Å². The number of carbonyl (C=O) groups excluding carboxylic acids is 2. The van der Waals surface area contributed by atoms with Crippen LogP contribution >= 0.6 is 0 Å². The van der Waals surface area contributed by atoms with Crippen LogP contribution in [0, 0.1) is 5.92 Å². The highest BCUT2D eigenvalue weighted by Gasteiger charge is 2.29. The number of hydrogen-bond acceptors (Lipinski definition) is 6. The third-order valence-corrected chi connectivity index (χ3v) is 5.68. The Balaban J connectivity index is 1.25. The summed E-state index contributed by atoms with van der Waals surface area (Å²) in [7, 11) is 0. The molecule has 1 heterocycles. The van der Waals surface area contributed by atoms with Crippen molar-refractivity contribution in [2.45, 2.75) is 25.9 Å². The number of carboxylic acids is 1. The number of aromatic nitrogens is 3. The van der Waals surface area contributed by atoms with Crippen molar-refractivity contribution < 1.29 is 24.2 Å². The Kier molecular flexibility index (Phi) is 6.86. The number of hydrogen-bond donors (Lipinski definition) is 3. The van der Waals surface area contributed by atoms with E-state index < -0.39 is 18.0 Å². The smallest absolute Gasteiger partial charge is 0.407 e. The van der Waals surface area contributed by atoms with Crippen LogP contribution in [-0.2, 0) is 27.4 Å². The largest absolute Gasteiger partial charge is 0.481 e. The molecule has 1 aliphatic carbocycles. The third-order valence-electron chi connectivity index (χ3n) is 5.68. The lowest BCUT2D eigenvalue weighted by Crippen LogP contribution is -2.33. The Labute approximate surface area is 195 Å². The molecule has 34 heavy (non-hydrogen) atoms. The number of carboxylic acid groups (broad SMARTS) is 1. The lowest BCUT2D eigenvalue weighted by atomic mass is 9.98. The van der Waals surface area contributed by atoms with E-state index in [1.54, 1.807) is 0 Å². The average Bonchev–Trinajstić information content (AvgIpc) is 3.41. The number of aliphatic carboxylic acids is 1. The number of fused-ring (bicyclic) bond motifs is 3. The minimum atomic E-state index is -0.984. The quantitative estimate of drug-likeness (QED) is 0.442. The van der Waals surface area contributed by atoms with Gasteiger partial charge in [-0.05, 0) is 22.3 Å². The van der Waals surface area contributed by atoms with Crippen molar-refractivity contribution >= 4 is 18.0 Å². The van der Waals surface area contributed by atoms with Gasteiger partial charge >= 0.3 is 12.1 Å². The van der Waals surface area contributed by atoms with Crippen molar-refractivity contribution in [1.82, 2.24) is 25.6 Å². The van der Waals surface area contributed by atoms with Gasteiger partial charge in [-0.25, -0.2) is 9.48 Å². The zero-order valence-electron chi connectivity index (χ0n) is 18.6. The Morgan fingerprint density at radius 3 is 2.35 bits per heavy atom. The van der Waals surface area contributed by atoms with Gasteiger partial charge in [-0.1, -0.05) is 60.7 Å². The first kappa shape index (κ1) is 23.0. The van der Waals surface area contributed by atoms with Gasteiger partial charge < -0.3 is 20.5 Å². The van der Waals surface area contributed by atoms with Gasteiger partial charge in [0.1, 0.15) is 18.8 Å². The molecule has 0 saturated carbocycles. The maximum absolute atomic E-state index is 12.3. The maximum atomic E-state index is 12.3. The molecule has 4 rings (SSSR count). The summed E-state index contributed by atoms with van der Waals surface area (Å²) in [6.45, 7) is 1.73. The number of nitrogens with one attached hydrogen (secondary N) is 2. The van der Waals surface area contributed by atoms with Crippen LogP contribution in [0.2, 0.25) is 0 Å². The lowest BCUT2D eigenvalue weighted by Gasteiger charge is -2.14. The van der Waals surface area contributed by atoms with Gasteiger partial charge in [-0.3, -0.25) is 9.59 Å². The van der Waals surface area contributed by atoms with E-state index in [1.807, 2.05) is 24.3 Å². The van der Waals surface area contributed by atoms with Gasteiger partial charge in [0.05, 0.1) is 18.7 Å². The molecule has 176 valence electrons. The molecule has 0 bridgehead atoms. The predicted octanol–water partition coefficient (Wildman–Crippen LogP) is 2.15. The second kappa shape index (κ2) is 10.2. The van der Waals surface area contributed by atoms with Crippen LogP contribution in [0.1, 0.15) is 29.7 Å². The average molecular weight is 463 g/mol. The summed E-state index contributed by atoms with van der Waals surface area (Å²) in [6.07, 6.45) is 0.959. The molecule has 3 aromatic rings. The summed E-state index contributed by atoms with van der Waals surface area (Å²) >= 11 is 0. The highest BCUT2D eigenvalue weighted by atomic mass is 16.5. The SMILES string of the molecule is CC(CNC(=O)Cn1cc(CNC(=O)OCC2c3ccccc3-c3ccccc32)nn1)C(=O)O. The first-order valence-corrected chi connectivity index (χ1v) is 10.9. The highest BCUT2D eigenvalue weighted by Crippen LogP contribution is 2.44. The molecule has 2 aromatic carbocycles. The fourth-order valence-electron chi connectivity index (χ4n) is 3.87. The third kappa shape index (κ3) is 5.22. The van der Waals surface area contributed by atoms with Gasteiger partial charge in [0.2, 0.25) is 5.91 Å². The lowest BCUT2D eigenvalue weighted by molar-refractivity contribution is -0.141. The molecule has 0 spiro atoms. The van der Waals surface area contributed by atoms with Crippen LogP contribution in [0.4, 0.5) is 4.79 Å². The molecule has 1 aromatic heterocycles. The molecule has 0 radical (unpaired) electrons.